The number of ketones is 1. The topological polar surface area (TPSA) is 45.7 Å². The molecule has 1 aliphatic rings. The highest BCUT2D eigenvalue weighted by Crippen LogP contribution is 2.30. The van der Waals surface area contributed by atoms with Crippen molar-refractivity contribution in [1.82, 2.24) is 9.88 Å². The number of pyridine rings is 1. The Balaban J connectivity index is 1.79. The van der Waals surface area contributed by atoms with Gasteiger partial charge in [-0.3, -0.25) is 9.78 Å². The summed E-state index contributed by atoms with van der Waals surface area (Å²) in [6.07, 6.45) is 1.98. The van der Waals surface area contributed by atoms with Crippen LogP contribution < -0.4 is 4.90 Å². The maximum Gasteiger partial charge on any atom is 0.163 e. The fourth-order valence-corrected chi connectivity index (χ4v) is 2.87. The molecular weight excluding hydrogens is 314 g/mol. The fraction of sp³-hybridized carbons (Fsp3) is 0.300. The third kappa shape index (κ3) is 3.56. The van der Waals surface area contributed by atoms with Crippen LogP contribution in [0.4, 0.5) is 5.69 Å². The van der Waals surface area contributed by atoms with Crippen molar-refractivity contribution in [3.8, 4) is 0 Å². The van der Waals surface area contributed by atoms with E-state index in [0.29, 0.717) is 13.5 Å². The van der Waals surface area contributed by atoms with Gasteiger partial charge in [0, 0.05) is 17.6 Å². The molecule has 1 aromatic carbocycles. The number of nitrogens with zero attached hydrogens (tertiary/aromatic N) is 3. The predicted molar refractivity (Wildman–Crippen MR) is 97.7 cm³/mol. The zero-order chi connectivity index (χ0) is 17.9. The van der Waals surface area contributed by atoms with Gasteiger partial charge in [0.1, 0.15) is 19.3 Å². The first-order valence-electron chi connectivity index (χ1n) is 8.30. The van der Waals surface area contributed by atoms with Gasteiger partial charge >= 0.3 is 0 Å². The van der Waals surface area contributed by atoms with Gasteiger partial charge in [0.2, 0.25) is 0 Å². The molecule has 1 aliphatic heterocycles. The van der Waals surface area contributed by atoms with E-state index >= 15 is 0 Å². The lowest BCUT2D eigenvalue weighted by Gasteiger charge is -2.47. The summed E-state index contributed by atoms with van der Waals surface area (Å²) >= 11 is 0. The van der Waals surface area contributed by atoms with Crippen molar-refractivity contribution >= 4 is 11.5 Å². The van der Waals surface area contributed by atoms with Gasteiger partial charge in [-0.05, 0) is 38.1 Å². The SMILES string of the molecule is C=C1N(c2ccccc2)COCN1C(C)(C)C(=O)Cc1ccccn1. The number of rotatable bonds is 5. The van der Waals surface area contributed by atoms with E-state index in [-0.39, 0.29) is 12.2 Å². The maximum absolute atomic E-state index is 12.9. The first-order valence-corrected chi connectivity index (χ1v) is 8.30. The summed E-state index contributed by atoms with van der Waals surface area (Å²) < 4.78 is 5.73. The summed E-state index contributed by atoms with van der Waals surface area (Å²) in [7, 11) is 0. The number of hydrogen-bond donors (Lipinski definition) is 0. The molecule has 5 heteroatoms. The van der Waals surface area contributed by atoms with Crippen LogP contribution in [0.3, 0.4) is 0 Å². The standard InChI is InChI=1S/C20H23N3O2/c1-16-22(18-10-5-4-6-11-18)14-25-15-23(16)20(2,3)19(24)13-17-9-7-8-12-21-17/h4-12H,1,13-15H2,2-3H3. The van der Waals surface area contributed by atoms with Crippen molar-refractivity contribution in [3.05, 3.63) is 72.8 Å². The predicted octanol–water partition coefficient (Wildman–Crippen LogP) is 3.20. The normalized spacial score (nSPS) is 15.4. The highest BCUT2D eigenvalue weighted by atomic mass is 16.5. The molecule has 1 fully saturated rings. The Kier molecular flexibility index (Phi) is 4.86. The minimum Gasteiger partial charge on any atom is -0.340 e. The molecule has 1 saturated heterocycles. The lowest BCUT2D eigenvalue weighted by atomic mass is 9.93. The van der Waals surface area contributed by atoms with E-state index < -0.39 is 5.54 Å². The molecule has 1 aromatic heterocycles. The molecule has 0 spiro atoms. The second kappa shape index (κ2) is 7.07. The first-order chi connectivity index (χ1) is 12.0. The fourth-order valence-electron chi connectivity index (χ4n) is 2.87. The summed E-state index contributed by atoms with van der Waals surface area (Å²) in [5, 5.41) is 0. The first kappa shape index (κ1) is 17.2. The van der Waals surface area contributed by atoms with Crippen molar-refractivity contribution in [3.63, 3.8) is 0 Å². The third-order valence-electron chi connectivity index (χ3n) is 4.56. The van der Waals surface area contributed by atoms with Gasteiger partial charge in [-0.15, -0.1) is 0 Å². The molecule has 0 atom stereocenters. The minimum atomic E-state index is -0.748. The van der Waals surface area contributed by atoms with Crippen LogP contribution in [0, 0.1) is 0 Å². The Hall–Kier alpha value is -2.66. The van der Waals surface area contributed by atoms with Gasteiger partial charge in [0.15, 0.2) is 5.78 Å². The molecule has 0 radical (unpaired) electrons. The Morgan fingerprint density at radius 3 is 2.56 bits per heavy atom. The van der Waals surface area contributed by atoms with E-state index in [4.69, 9.17) is 4.74 Å². The number of aromatic nitrogens is 1. The number of carbonyl (C=O) groups is 1. The molecule has 130 valence electrons. The van der Waals surface area contributed by atoms with Gasteiger partial charge < -0.3 is 14.5 Å². The molecule has 0 aliphatic carbocycles. The third-order valence-corrected chi connectivity index (χ3v) is 4.56. The number of hydrogen-bond acceptors (Lipinski definition) is 5. The Morgan fingerprint density at radius 1 is 1.16 bits per heavy atom. The Bertz CT molecular complexity index is 744. The second-order valence-electron chi connectivity index (χ2n) is 6.55. The van der Waals surface area contributed by atoms with Crippen molar-refractivity contribution < 1.29 is 9.53 Å². The van der Waals surface area contributed by atoms with Gasteiger partial charge in [-0.1, -0.05) is 30.8 Å². The number of para-hydroxylation sites is 1. The molecule has 0 saturated carbocycles. The number of benzene rings is 1. The average Bonchev–Trinajstić information content (AvgIpc) is 2.63. The van der Waals surface area contributed by atoms with Gasteiger partial charge in [0.25, 0.3) is 0 Å². The monoisotopic (exact) mass is 337 g/mol. The van der Waals surface area contributed by atoms with Crippen LogP contribution in [0.25, 0.3) is 0 Å². The van der Waals surface area contributed by atoms with E-state index in [1.165, 1.54) is 0 Å². The molecule has 2 aromatic rings. The zero-order valence-electron chi connectivity index (χ0n) is 14.7. The van der Waals surface area contributed by atoms with Crippen LogP contribution in [0.2, 0.25) is 0 Å². The smallest absolute Gasteiger partial charge is 0.163 e. The summed E-state index contributed by atoms with van der Waals surface area (Å²) in [6.45, 7) is 8.78. The van der Waals surface area contributed by atoms with Gasteiger partial charge in [0.05, 0.1) is 12.0 Å². The summed E-state index contributed by atoms with van der Waals surface area (Å²) in [5.41, 5.74) is 1.01. The highest BCUT2D eigenvalue weighted by molar-refractivity contribution is 5.89. The molecule has 2 heterocycles. The van der Waals surface area contributed by atoms with E-state index in [1.54, 1.807) is 6.20 Å². The largest absolute Gasteiger partial charge is 0.340 e. The molecule has 0 bridgehead atoms. The second-order valence-corrected chi connectivity index (χ2v) is 6.55. The quantitative estimate of drug-likeness (QED) is 0.838. The lowest BCUT2D eigenvalue weighted by molar-refractivity contribution is -0.132. The van der Waals surface area contributed by atoms with E-state index in [9.17, 15) is 4.79 Å². The molecule has 3 rings (SSSR count). The highest BCUT2D eigenvalue weighted by Gasteiger charge is 2.38. The van der Waals surface area contributed by atoms with Crippen LogP contribution in [0.5, 0.6) is 0 Å². The number of Topliss-reactive ketones (excluding diaryl/α,β-unsaturated/α-hetero) is 1. The van der Waals surface area contributed by atoms with Crippen molar-refractivity contribution in [1.29, 1.82) is 0 Å². The van der Waals surface area contributed by atoms with E-state index in [2.05, 4.69) is 11.6 Å². The van der Waals surface area contributed by atoms with E-state index in [1.807, 2.05) is 72.2 Å². The molecule has 0 N–H and O–H groups in total. The van der Waals surface area contributed by atoms with Crippen LogP contribution in [-0.4, -0.2) is 34.7 Å². The van der Waals surface area contributed by atoms with Crippen LogP contribution in [-0.2, 0) is 16.0 Å². The molecule has 0 amide bonds. The zero-order valence-corrected chi connectivity index (χ0v) is 14.7. The summed E-state index contributed by atoms with van der Waals surface area (Å²) in [4.78, 5) is 21.1. The average molecular weight is 337 g/mol. The molecule has 25 heavy (non-hydrogen) atoms. The lowest BCUT2D eigenvalue weighted by Crippen LogP contribution is -2.57. The summed E-state index contributed by atoms with van der Waals surface area (Å²) in [6, 6.07) is 15.5. The van der Waals surface area contributed by atoms with Crippen LogP contribution >= 0.6 is 0 Å². The van der Waals surface area contributed by atoms with Crippen molar-refractivity contribution in [2.45, 2.75) is 25.8 Å². The van der Waals surface area contributed by atoms with Gasteiger partial charge in [-0.2, -0.15) is 0 Å². The van der Waals surface area contributed by atoms with Gasteiger partial charge in [-0.25, -0.2) is 0 Å². The number of carbonyl (C=O) groups excluding carboxylic acids is 1. The summed E-state index contributed by atoms with van der Waals surface area (Å²) in [5.74, 6) is 0.836. The number of anilines is 1. The Morgan fingerprint density at radius 2 is 1.88 bits per heavy atom. The molecule has 0 unspecified atom stereocenters. The molecular formula is C20H23N3O2. The minimum absolute atomic E-state index is 0.0749. The van der Waals surface area contributed by atoms with Crippen molar-refractivity contribution in [2.24, 2.45) is 0 Å². The number of ether oxygens (including phenoxy) is 1. The van der Waals surface area contributed by atoms with Crippen LogP contribution in [0.1, 0.15) is 19.5 Å². The maximum atomic E-state index is 12.9. The van der Waals surface area contributed by atoms with Crippen LogP contribution in [0.15, 0.2) is 67.1 Å². The van der Waals surface area contributed by atoms with E-state index in [0.717, 1.165) is 17.2 Å². The Labute approximate surface area is 148 Å². The van der Waals surface area contributed by atoms with Crippen molar-refractivity contribution in [2.75, 3.05) is 18.4 Å². The molecule has 5 nitrogen and oxygen atoms in total.